The van der Waals surface area contributed by atoms with E-state index in [4.69, 9.17) is 22.3 Å². The summed E-state index contributed by atoms with van der Waals surface area (Å²) in [5.41, 5.74) is 16.4. The number of aliphatic carboxylic acids is 1. The summed E-state index contributed by atoms with van der Waals surface area (Å²) >= 11 is 0. The van der Waals surface area contributed by atoms with Gasteiger partial charge in [0.2, 0.25) is 23.6 Å². The lowest BCUT2D eigenvalue weighted by molar-refractivity contribution is -0.141. The summed E-state index contributed by atoms with van der Waals surface area (Å²) in [5, 5.41) is 25.9. The monoisotopic (exact) mass is 474 g/mol. The molecule has 0 bridgehead atoms. The second-order valence-corrected chi connectivity index (χ2v) is 8.05. The van der Waals surface area contributed by atoms with Crippen LogP contribution in [0.1, 0.15) is 52.9 Å². The van der Waals surface area contributed by atoms with Crippen molar-refractivity contribution in [1.82, 2.24) is 16.0 Å². The van der Waals surface area contributed by atoms with Crippen LogP contribution in [0.15, 0.2) is 0 Å². The summed E-state index contributed by atoms with van der Waals surface area (Å²) in [6.07, 6.45) is 0.0696. The molecule has 0 aliphatic carbocycles. The molecule has 0 spiro atoms. The highest BCUT2D eigenvalue weighted by molar-refractivity contribution is 5.95. The Labute approximate surface area is 193 Å². The number of aliphatic hydroxyl groups is 1. The number of unbranched alkanes of at least 4 members (excludes halogenated alkanes) is 1. The number of amides is 4. The van der Waals surface area contributed by atoms with Crippen LogP contribution in [-0.2, 0) is 24.0 Å². The molecule has 4 amide bonds. The molecule has 13 nitrogen and oxygen atoms in total. The van der Waals surface area contributed by atoms with Crippen molar-refractivity contribution in [1.29, 1.82) is 0 Å². The van der Waals surface area contributed by atoms with Crippen LogP contribution >= 0.6 is 0 Å². The van der Waals surface area contributed by atoms with E-state index in [1.165, 1.54) is 6.92 Å². The van der Waals surface area contributed by atoms with E-state index < -0.39 is 66.3 Å². The molecule has 0 radical (unpaired) electrons. The van der Waals surface area contributed by atoms with Crippen LogP contribution in [0.4, 0.5) is 0 Å². The van der Waals surface area contributed by atoms with Gasteiger partial charge in [-0.05, 0) is 32.2 Å². The van der Waals surface area contributed by atoms with E-state index in [1.807, 2.05) is 0 Å². The SMILES string of the molecule is CC[C@H](C)[C@H](NC(=O)[C@@H](N)CCCCN)C(=O)N[C@H](C(=O)N[C@@H](CC(=O)O)C(N)=O)[C@@H](C)O. The first kappa shape index (κ1) is 30.2. The molecule has 0 aromatic rings. The Bertz CT molecular complexity index is 688. The fraction of sp³-hybridized carbons (Fsp3) is 0.750. The molecule has 0 unspecified atom stereocenters. The van der Waals surface area contributed by atoms with Gasteiger partial charge in [0.05, 0.1) is 18.6 Å². The van der Waals surface area contributed by atoms with Gasteiger partial charge in [0.15, 0.2) is 0 Å². The molecule has 33 heavy (non-hydrogen) atoms. The lowest BCUT2D eigenvalue weighted by Gasteiger charge is -2.29. The maximum absolute atomic E-state index is 12.9. The number of hydrogen-bond acceptors (Lipinski definition) is 8. The molecule has 13 heteroatoms. The predicted octanol–water partition coefficient (Wildman–Crippen LogP) is -2.72. The molecule has 0 aromatic carbocycles. The van der Waals surface area contributed by atoms with E-state index in [9.17, 15) is 29.1 Å². The molecule has 6 atom stereocenters. The fourth-order valence-corrected chi connectivity index (χ4v) is 2.91. The highest BCUT2D eigenvalue weighted by Crippen LogP contribution is 2.10. The Morgan fingerprint density at radius 3 is 1.91 bits per heavy atom. The number of carbonyl (C=O) groups excluding carboxylic acids is 4. The van der Waals surface area contributed by atoms with Crippen LogP contribution in [0.3, 0.4) is 0 Å². The Morgan fingerprint density at radius 1 is 0.909 bits per heavy atom. The lowest BCUT2D eigenvalue weighted by Crippen LogP contribution is -2.61. The van der Waals surface area contributed by atoms with Gasteiger partial charge >= 0.3 is 5.97 Å². The molecule has 11 N–H and O–H groups in total. The molecule has 190 valence electrons. The van der Waals surface area contributed by atoms with Crippen LogP contribution < -0.4 is 33.2 Å². The Morgan fingerprint density at radius 2 is 1.45 bits per heavy atom. The molecule has 0 heterocycles. The first-order valence-corrected chi connectivity index (χ1v) is 10.9. The second-order valence-electron chi connectivity index (χ2n) is 8.05. The zero-order chi connectivity index (χ0) is 25.7. The largest absolute Gasteiger partial charge is 0.481 e. The Kier molecular flexibility index (Phi) is 13.9. The molecule has 0 aromatic heterocycles. The molecule has 0 aliphatic heterocycles. The summed E-state index contributed by atoms with van der Waals surface area (Å²) in [7, 11) is 0. The van der Waals surface area contributed by atoms with Crippen molar-refractivity contribution in [3.8, 4) is 0 Å². The number of rotatable bonds is 16. The normalized spacial score (nSPS) is 16.4. The standard InChI is InChI=1S/C20H38N6O7/c1-4-10(2)15(25-18(31)12(22)7-5-6-8-21)19(32)26-16(11(3)27)20(33)24-13(17(23)30)9-14(28)29/h10-13,15-16,27H,4-9,21-22H2,1-3H3,(H2,23,30)(H,24,33)(H,25,31)(H,26,32)(H,28,29)/t10-,11+,12-,13-,15-,16-/m0/s1. The number of primary amides is 1. The van der Waals surface area contributed by atoms with Crippen molar-refractivity contribution in [3.63, 3.8) is 0 Å². The minimum Gasteiger partial charge on any atom is -0.481 e. The van der Waals surface area contributed by atoms with E-state index in [1.54, 1.807) is 13.8 Å². The third kappa shape index (κ3) is 11.1. The minimum atomic E-state index is -1.54. The van der Waals surface area contributed by atoms with Crippen LogP contribution in [0, 0.1) is 5.92 Å². The second kappa shape index (κ2) is 15.1. The molecule has 0 aliphatic rings. The molecule has 0 saturated carbocycles. The minimum absolute atomic E-state index is 0.340. The lowest BCUT2D eigenvalue weighted by atomic mass is 9.96. The first-order valence-electron chi connectivity index (χ1n) is 10.9. The average molecular weight is 475 g/mol. The molecule has 0 rings (SSSR count). The maximum atomic E-state index is 12.9. The zero-order valence-corrected chi connectivity index (χ0v) is 19.4. The van der Waals surface area contributed by atoms with Crippen molar-refractivity contribution >= 4 is 29.6 Å². The topological polar surface area (TPSA) is 240 Å². The maximum Gasteiger partial charge on any atom is 0.305 e. The summed E-state index contributed by atoms with van der Waals surface area (Å²) in [6, 6.07) is -4.97. The zero-order valence-electron chi connectivity index (χ0n) is 19.4. The van der Waals surface area contributed by atoms with E-state index in [2.05, 4.69) is 16.0 Å². The Balaban J connectivity index is 5.41. The smallest absolute Gasteiger partial charge is 0.305 e. The fourth-order valence-electron chi connectivity index (χ4n) is 2.91. The van der Waals surface area contributed by atoms with Crippen LogP contribution in [0.5, 0.6) is 0 Å². The van der Waals surface area contributed by atoms with Gasteiger partial charge in [-0.25, -0.2) is 0 Å². The summed E-state index contributed by atoms with van der Waals surface area (Å²) < 4.78 is 0. The molecular weight excluding hydrogens is 436 g/mol. The van der Waals surface area contributed by atoms with Crippen molar-refractivity contribution in [2.75, 3.05) is 6.54 Å². The van der Waals surface area contributed by atoms with E-state index >= 15 is 0 Å². The number of aliphatic hydroxyl groups excluding tert-OH is 1. The van der Waals surface area contributed by atoms with Crippen LogP contribution in [0.2, 0.25) is 0 Å². The Hall–Kier alpha value is -2.77. The average Bonchev–Trinajstić information content (AvgIpc) is 2.73. The number of carboxylic acids is 1. The van der Waals surface area contributed by atoms with Gasteiger partial charge in [0, 0.05) is 0 Å². The molecular formula is C20H38N6O7. The van der Waals surface area contributed by atoms with Crippen LogP contribution in [-0.4, -0.2) is 76.6 Å². The van der Waals surface area contributed by atoms with Gasteiger partial charge < -0.3 is 43.4 Å². The summed E-state index contributed by atoms with van der Waals surface area (Å²) in [6.45, 7) is 5.22. The van der Waals surface area contributed by atoms with Gasteiger partial charge in [-0.1, -0.05) is 26.7 Å². The van der Waals surface area contributed by atoms with E-state index in [0.29, 0.717) is 32.2 Å². The van der Waals surface area contributed by atoms with Gasteiger partial charge in [-0.3, -0.25) is 24.0 Å². The highest BCUT2D eigenvalue weighted by Gasteiger charge is 2.34. The van der Waals surface area contributed by atoms with Gasteiger partial charge in [0.1, 0.15) is 18.1 Å². The quantitative estimate of drug-likeness (QED) is 0.108. The number of nitrogens with one attached hydrogen (secondary N) is 3. The van der Waals surface area contributed by atoms with Crippen molar-refractivity contribution < 1.29 is 34.2 Å². The van der Waals surface area contributed by atoms with Crippen molar-refractivity contribution in [2.24, 2.45) is 23.1 Å². The third-order valence-electron chi connectivity index (χ3n) is 5.20. The van der Waals surface area contributed by atoms with Crippen LogP contribution in [0.25, 0.3) is 0 Å². The number of carboxylic acid groups (broad SMARTS) is 1. The highest BCUT2D eigenvalue weighted by atomic mass is 16.4. The van der Waals surface area contributed by atoms with E-state index in [0.717, 1.165) is 0 Å². The number of hydrogen-bond donors (Lipinski definition) is 8. The summed E-state index contributed by atoms with van der Waals surface area (Å²) in [5.74, 6) is -5.10. The van der Waals surface area contributed by atoms with E-state index in [-0.39, 0.29) is 5.92 Å². The van der Waals surface area contributed by atoms with Gasteiger partial charge in [0.25, 0.3) is 0 Å². The van der Waals surface area contributed by atoms with Crippen molar-refractivity contribution in [3.05, 3.63) is 0 Å². The summed E-state index contributed by atoms with van der Waals surface area (Å²) in [4.78, 5) is 60.2. The third-order valence-corrected chi connectivity index (χ3v) is 5.20. The predicted molar refractivity (Wildman–Crippen MR) is 119 cm³/mol. The number of nitrogens with two attached hydrogens (primary N) is 3. The van der Waals surface area contributed by atoms with Crippen molar-refractivity contribution in [2.45, 2.75) is 83.1 Å². The van der Waals surface area contributed by atoms with Gasteiger partial charge in [-0.2, -0.15) is 0 Å². The molecule has 0 fully saturated rings. The number of carbonyl (C=O) groups is 5. The van der Waals surface area contributed by atoms with Gasteiger partial charge in [-0.15, -0.1) is 0 Å². The molecule has 0 saturated heterocycles. The first-order chi connectivity index (χ1) is 15.3.